The summed E-state index contributed by atoms with van der Waals surface area (Å²) in [5, 5.41) is 2.88. The molecule has 4 rings (SSSR count). The maximum Gasteiger partial charge on any atom is 0.271 e. The zero-order valence-corrected chi connectivity index (χ0v) is 14.4. The van der Waals surface area contributed by atoms with Gasteiger partial charge in [-0.3, -0.25) is 19.3 Å². The topological polar surface area (TPSA) is 69.7 Å². The molecule has 6 heteroatoms. The molecule has 0 radical (unpaired) electrons. The van der Waals surface area contributed by atoms with E-state index in [-0.39, 0.29) is 30.6 Å². The first kappa shape index (κ1) is 16.3. The lowest BCUT2D eigenvalue weighted by Gasteiger charge is -2.48. The number of para-hydroxylation sites is 2. The van der Waals surface area contributed by atoms with Crippen molar-refractivity contribution >= 4 is 29.1 Å². The molecule has 0 unspecified atom stereocenters. The molecule has 1 fully saturated rings. The standard InChI is InChI=1S/C20H19N3O3/c1-2-22-18(25)15-10-6-7-11-16(15)23-17(24)12-13-20(22,23)19(26)21-14-8-4-3-5-9-14/h3-11H,2,12-13H2,1H3,(H,21,26)/t20-/m1/s1. The number of carbonyl (C=O) groups is 3. The number of amides is 3. The monoisotopic (exact) mass is 349 g/mol. The number of hydrogen-bond donors (Lipinski definition) is 1. The molecule has 2 aliphatic heterocycles. The van der Waals surface area contributed by atoms with E-state index in [1.807, 2.05) is 25.1 Å². The summed E-state index contributed by atoms with van der Waals surface area (Å²) in [4.78, 5) is 42.1. The third-order valence-electron chi connectivity index (χ3n) is 5.09. The van der Waals surface area contributed by atoms with Crippen molar-refractivity contribution in [3.63, 3.8) is 0 Å². The second-order valence-electron chi connectivity index (χ2n) is 6.43. The van der Waals surface area contributed by atoms with E-state index in [0.29, 0.717) is 23.5 Å². The Balaban J connectivity index is 1.85. The van der Waals surface area contributed by atoms with Crippen LogP contribution in [0.1, 0.15) is 30.1 Å². The third-order valence-corrected chi connectivity index (χ3v) is 5.09. The fraction of sp³-hybridized carbons (Fsp3) is 0.250. The van der Waals surface area contributed by atoms with E-state index in [1.165, 1.54) is 9.80 Å². The number of rotatable bonds is 3. The molecular weight excluding hydrogens is 330 g/mol. The van der Waals surface area contributed by atoms with Crippen LogP contribution in [0.5, 0.6) is 0 Å². The van der Waals surface area contributed by atoms with Crippen molar-refractivity contribution < 1.29 is 14.4 Å². The van der Waals surface area contributed by atoms with Crippen LogP contribution in [0.4, 0.5) is 11.4 Å². The number of fused-ring (bicyclic) bond motifs is 3. The second kappa shape index (κ2) is 5.98. The summed E-state index contributed by atoms with van der Waals surface area (Å²) in [7, 11) is 0. The summed E-state index contributed by atoms with van der Waals surface area (Å²) in [6.45, 7) is 2.16. The van der Waals surface area contributed by atoms with E-state index in [4.69, 9.17) is 0 Å². The predicted octanol–water partition coefficient (Wildman–Crippen LogP) is 2.62. The molecule has 1 saturated heterocycles. The summed E-state index contributed by atoms with van der Waals surface area (Å²) < 4.78 is 0. The lowest BCUT2D eigenvalue weighted by molar-refractivity contribution is -0.128. The zero-order valence-electron chi connectivity index (χ0n) is 14.4. The molecule has 0 spiro atoms. The van der Waals surface area contributed by atoms with Gasteiger partial charge in [0.1, 0.15) is 0 Å². The summed E-state index contributed by atoms with van der Waals surface area (Å²) in [5.74, 6) is -0.733. The van der Waals surface area contributed by atoms with Crippen LogP contribution in [0.25, 0.3) is 0 Å². The molecular formula is C20H19N3O3. The number of likely N-dealkylation sites (N-methyl/N-ethyl adjacent to an activating group) is 1. The van der Waals surface area contributed by atoms with E-state index in [1.54, 1.807) is 36.4 Å². The zero-order chi connectivity index (χ0) is 18.3. The Hall–Kier alpha value is -3.15. The molecule has 2 aromatic rings. The van der Waals surface area contributed by atoms with Crippen molar-refractivity contribution in [2.24, 2.45) is 0 Å². The quantitative estimate of drug-likeness (QED) is 0.926. The second-order valence-corrected chi connectivity index (χ2v) is 6.43. The third kappa shape index (κ3) is 2.15. The van der Waals surface area contributed by atoms with Gasteiger partial charge in [-0.15, -0.1) is 0 Å². The number of carbonyl (C=O) groups excluding carboxylic acids is 3. The van der Waals surface area contributed by atoms with E-state index in [9.17, 15) is 14.4 Å². The summed E-state index contributed by atoms with van der Waals surface area (Å²) in [6, 6.07) is 16.0. The Kier molecular flexibility index (Phi) is 3.76. The van der Waals surface area contributed by atoms with Gasteiger partial charge in [0.25, 0.3) is 11.8 Å². The molecule has 132 valence electrons. The van der Waals surface area contributed by atoms with Crippen LogP contribution in [0.2, 0.25) is 0 Å². The molecule has 6 nitrogen and oxygen atoms in total. The fourth-order valence-corrected chi connectivity index (χ4v) is 3.96. The van der Waals surface area contributed by atoms with E-state index < -0.39 is 5.66 Å². The lowest BCUT2D eigenvalue weighted by Crippen LogP contribution is -2.69. The largest absolute Gasteiger partial charge is 0.322 e. The minimum Gasteiger partial charge on any atom is -0.322 e. The van der Waals surface area contributed by atoms with Gasteiger partial charge < -0.3 is 10.2 Å². The van der Waals surface area contributed by atoms with Gasteiger partial charge in [-0.25, -0.2) is 0 Å². The van der Waals surface area contributed by atoms with Crippen LogP contribution in [-0.4, -0.2) is 34.8 Å². The summed E-state index contributed by atoms with van der Waals surface area (Å²) >= 11 is 0. The average Bonchev–Trinajstić information content (AvgIpc) is 3.01. The highest BCUT2D eigenvalue weighted by atomic mass is 16.2. The van der Waals surface area contributed by atoms with E-state index in [0.717, 1.165) is 0 Å². The molecule has 1 N–H and O–H groups in total. The van der Waals surface area contributed by atoms with Crippen LogP contribution in [0.3, 0.4) is 0 Å². The molecule has 2 aliphatic rings. The maximum atomic E-state index is 13.3. The van der Waals surface area contributed by atoms with E-state index in [2.05, 4.69) is 5.32 Å². The number of benzene rings is 2. The fourth-order valence-electron chi connectivity index (χ4n) is 3.96. The van der Waals surface area contributed by atoms with Crippen LogP contribution in [-0.2, 0) is 9.59 Å². The van der Waals surface area contributed by atoms with Crippen molar-refractivity contribution in [3.8, 4) is 0 Å². The minimum atomic E-state index is -1.33. The Bertz CT molecular complexity index is 896. The Morgan fingerprint density at radius 3 is 2.50 bits per heavy atom. The van der Waals surface area contributed by atoms with Gasteiger partial charge in [0.05, 0.1) is 11.3 Å². The molecule has 0 saturated carbocycles. The van der Waals surface area contributed by atoms with Crippen molar-refractivity contribution in [2.75, 3.05) is 16.8 Å². The lowest BCUT2D eigenvalue weighted by atomic mass is 9.95. The molecule has 0 bridgehead atoms. The Labute approximate surface area is 151 Å². The highest BCUT2D eigenvalue weighted by Crippen LogP contribution is 2.44. The molecule has 3 amide bonds. The number of hydrogen-bond acceptors (Lipinski definition) is 3. The van der Waals surface area contributed by atoms with Crippen LogP contribution in [0, 0.1) is 0 Å². The first-order valence-corrected chi connectivity index (χ1v) is 8.70. The first-order chi connectivity index (χ1) is 12.6. The normalized spacial score (nSPS) is 21.4. The van der Waals surface area contributed by atoms with Gasteiger partial charge in [-0.05, 0) is 31.2 Å². The predicted molar refractivity (Wildman–Crippen MR) is 97.7 cm³/mol. The van der Waals surface area contributed by atoms with Gasteiger partial charge in [-0.1, -0.05) is 30.3 Å². The van der Waals surface area contributed by atoms with E-state index >= 15 is 0 Å². The number of nitrogens with one attached hydrogen (secondary N) is 1. The molecule has 2 heterocycles. The maximum absolute atomic E-state index is 13.3. The Morgan fingerprint density at radius 1 is 1.08 bits per heavy atom. The van der Waals surface area contributed by atoms with Crippen molar-refractivity contribution in [1.29, 1.82) is 0 Å². The van der Waals surface area contributed by atoms with Gasteiger partial charge >= 0.3 is 0 Å². The van der Waals surface area contributed by atoms with Gasteiger partial charge in [0.15, 0.2) is 0 Å². The summed E-state index contributed by atoms with van der Waals surface area (Å²) in [6.07, 6.45) is 0.499. The van der Waals surface area contributed by atoms with Gasteiger partial charge in [0.2, 0.25) is 11.6 Å². The van der Waals surface area contributed by atoms with Crippen molar-refractivity contribution in [3.05, 3.63) is 60.2 Å². The number of anilines is 2. The molecule has 26 heavy (non-hydrogen) atoms. The van der Waals surface area contributed by atoms with Crippen LogP contribution >= 0.6 is 0 Å². The average molecular weight is 349 g/mol. The number of nitrogens with zero attached hydrogens (tertiary/aromatic N) is 2. The SMILES string of the molecule is CCN1C(=O)c2ccccc2N2C(=O)CC[C@@]12C(=O)Nc1ccccc1. The van der Waals surface area contributed by atoms with Crippen LogP contribution in [0.15, 0.2) is 54.6 Å². The van der Waals surface area contributed by atoms with Crippen molar-refractivity contribution in [1.82, 2.24) is 4.90 Å². The minimum absolute atomic E-state index is 0.147. The molecule has 0 aliphatic carbocycles. The molecule has 2 aromatic carbocycles. The molecule has 0 aromatic heterocycles. The highest BCUT2D eigenvalue weighted by molar-refractivity contribution is 6.18. The molecule has 1 atom stereocenters. The van der Waals surface area contributed by atoms with Gasteiger partial charge in [0, 0.05) is 25.1 Å². The first-order valence-electron chi connectivity index (χ1n) is 8.70. The highest BCUT2D eigenvalue weighted by Gasteiger charge is 2.60. The Morgan fingerprint density at radius 2 is 1.77 bits per heavy atom. The smallest absolute Gasteiger partial charge is 0.271 e. The van der Waals surface area contributed by atoms with Crippen molar-refractivity contribution in [2.45, 2.75) is 25.4 Å². The van der Waals surface area contributed by atoms with Crippen LogP contribution < -0.4 is 10.2 Å². The van der Waals surface area contributed by atoms with Gasteiger partial charge in [-0.2, -0.15) is 0 Å². The summed E-state index contributed by atoms with van der Waals surface area (Å²) in [5.41, 5.74) is 0.266.